The standard InChI is InChI=1S/C23H29NO2/c1-17(12-13-19-8-4-3-5-9-19)24-23(25)18(2)26-22-15-14-20-10-6-7-11-21(20)16-22/h3-5,8-9,14-18H,6-7,10-13H2,1-2H3,(H,24,25)/t17-,18-/m0/s1. The van der Waals surface area contributed by atoms with Crippen molar-refractivity contribution in [3.63, 3.8) is 0 Å². The Morgan fingerprint density at radius 2 is 1.77 bits per heavy atom. The van der Waals surface area contributed by atoms with Crippen molar-refractivity contribution < 1.29 is 9.53 Å². The van der Waals surface area contributed by atoms with E-state index < -0.39 is 6.10 Å². The summed E-state index contributed by atoms with van der Waals surface area (Å²) in [7, 11) is 0. The van der Waals surface area contributed by atoms with Crippen LogP contribution in [0.3, 0.4) is 0 Å². The zero-order chi connectivity index (χ0) is 18.4. The number of benzene rings is 2. The highest BCUT2D eigenvalue weighted by molar-refractivity contribution is 5.81. The van der Waals surface area contributed by atoms with Crippen LogP contribution in [0.15, 0.2) is 48.5 Å². The molecule has 1 aliphatic rings. The lowest BCUT2D eigenvalue weighted by Gasteiger charge is -2.21. The lowest BCUT2D eigenvalue weighted by atomic mass is 9.92. The van der Waals surface area contributed by atoms with E-state index in [1.54, 1.807) is 0 Å². The zero-order valence-corrected chi connectivity index (χ0v) is 15.8. The molecule has 2 aromatic rings. The van der Waals surface area contributed by atoms with E-state index in [4.69, 9.17) is 4.74 Å². The van der Waals surface area contributed by atoms with Gasteiger partial charge in [-0.05, 0) is 81.2 Å². The van der Waals surface area contributed by atoms with E-state index in [1.165, 1.54) is 29.5 Å². The summed E-state index contributed by atoms with van der Waals surface area (Å²) in [5, 5.41) is 3.07. The summed E-state index contributed by atoms with van der Waals surface area (Å²) in [6.07, 6.45) is 6.17. The first-order valence-electron chi connectivity index (χ1n) is 9.74. The average Bonchev–Trinajstić information content (AvgIpc) is 2.67. The van der Waals surface area contributed by atoms with Crippen LogP contribution in [0.5, 0.6) is 5.75 Å². The highest BCUT2D eigenvalue weighted by atomic mass is 16.5. The van der Waals surface area contributed by atoms with Crippen molar-refractivity contribution in [3.8, 4) is 5.75 Å². The lowest BCUT2D eigenvalue weighted by Crippen LogP contribution is -2.41. The molecule has 26 heavy (non-hydrogen) atoms. The Kier molecular flexibility index (Phi) is 6.32. The maximum Gasteiger partial charge on any atom is 0.260 e. The molecule has 0 spiro atoms. The van der Waals surface area contributed by atoms with Gasteiger partial charge in [-0.15, -0.1) is 0 Å². The molecule has 0 fully saturated rings. The van der Waals surface area contributed by atoms with Crippen LogP contribution in [0.1, 0.15) is 49.8 Å². The molecule has 0 bridgehead atoms. The molecule has 0 saturated carbocycles. The average molecular weight is 351 g/mol. The van der Waals surface area contributed by atoms with Crippen LogP contribution in [0, 0.1) is 0 Å². The third kappa shape index (κ3) is 5.10. The molecule has 0 heterocycles. The van der Waals surface area contributed by atoms with Gasteiger partial charge in [-0.2, -0.15) is 0 Å². The van der Waals surface area contributed by atoms with E-state index in [0.29, 0.717) is 0 Å². The second-order valence-corrected chi connectivity index (χ2v) is 7.33. The predicted octanol–water partition coefficient (Wildman–Crippen LogP) is 4.47. The molecule has 2 aromatic carbocycles. The number of nitrogens with one attached hydrogen (secondary N) is 1. The van der Waals surface area contributed by atoms with Gasteiger partial charge in [-0.25, -0.2) is 0 Å². The third-order valence-electron chi connectivity index (χ3n) is 5.10. The molecule has 138 valence electrons. The minimum Gasteiger partial charge on any atom is -0.481 e. The van der Waals surface area contributed by atoms with Gasteiger partial charge < -0.3 is 10.1 Å². The minimum atomic E-state index is -0.490. The second-order valence-electron chi connectivity index (χ2n) is 7.33. The van der Waals surface area contributed by atoms with Crippen molar-refractivity contribution in [2.75, 3.05) is 0 Å². The van der Waals surface area contributed by atoms with Crippen LogP contribution >= 0.6 is 0 Å². The van der Waals surface area contributed by atoms with E-state index in [-0.39, 0.29) is 11.9 Å². The van der Waals surface area contributed by atoms with Crippen LogP contribution in [0.25, 0.3) is 0 Å². The molecular weight excluding hydrogens is 322 g/mol. The van der Waals surface area contributed by atoms with Gasteiger partial charge in [-0.3, -0.25) is 4.79 Å². The summed E-state index contributed by atoms with van der Waals surface area (Å²) >= 11 is 0. The first kappa shape index (κ1) is 18.5. The topological polar surface area (TPSA) is 38.3 Å². The Balaban J connectivity index is 1.48. The van der Waals surface area contributed by atoms with Gasteiger partial charge in [0.25, 0.3) is 5.91 Å². The van der Waals surface area contributed by atoms with Gasteiger partial charge in [0.05, 0.1) is 0 Å². The van der Waals surface area contributed by atoms with Crippen molar-refractivity contribution in [2.24, 2.45) is 0 Å². The summed E-state index contributed by atoms with van der Waals surface area (Å²) in [6, 6.07) is 16.7. The molecule has 0 saturated heterocycles. The number of aryl methyl sites for hydroxylation is 3. The highest BCUT2D eigenvalue weighted by Gasteiger charge is 2.18. The van der Waals surface area contributed by atoms with Crippen LogP contribution in [-0.4, -0.2) is 18.1 Å². The predicted molar refractivity (Wildman–Crippen MR) is 106 cm³/mol. The molecule has 3 heteroatoms. The van der Waals surface area contributed by atoms with E-state index in [2.05, 4.69) is 29.6 Å². The number of ether oxygens (including phenoxy) is 1. The molecule has 1 amide bonds. The molecule has 3 rings (SSSR count). The quantitative estimate of drug-likeness (QED) is 0.799. The van der Waals surface area contributed by atoms with Gasteiger partial charge in [0.15, 0.2) is 6.10 Å². The summed E-state index contributed by atoms with van der Waals surface area (Å²) in [5.74, 6) is 0.744. The number of hydrogen-bond donors (Lipinski definition) is 1. The molecule has 1 aliphatic carbocycles. The maximum atomic E-state index is 12.4. The molecule has 2 atom stereocenters. The number of fused-ring (bicyclic) bond motifs is 1. The van der Waals surface area contributed by atoms with Crippen molar-refractivity contribution in [1.29, 1.82) is 0 Å². The fraction of sp³-hybridized carbons (Fsp3) is 0.435. The van der Waals surface area contributed by atoms with Crippen molar-refractivity contribution in [3.05, 3.63) is 65.2 Å². The first-order valence-corrected chi connectivity index (χ1v) is 9.74. The van der Waals surface area contributed by atoms with Crippen LogP contribution < -0.4 is 10.1 Å². The normalized spacial score (nSPS) is 15.6. The number of hydrogen-bond acceptors (Lipinski definition) is 2. The van der Waals surface area contributed by atoms with Crippen LogP contribution in [0.2, 0.25) is 0 Å². The summed E-state index contributed by atoms with van der Waals surface area (Å²) in [6.45, 7) is 3.87. The summed E-state index contributed by atoms with van der Waals surface area (Å²) < 4.78 is 5.89. The fourth-order valence-electron chi connectivity index (χ4n) is 3.50. The lowest BCUT2D eigenvalue weighted by molar-refractivity contribution is -0.127. The van der Waals surface area contributed by atoms with Gasteiger partial charge >= 0.3 is 0 Å². The second kappa shape index (κ2) is 8.88. The van der Waals surface area contributed by atoms with Gasteiger partial charge in [0.1, 0.15) is 5.75 Å². The Bertz CT molecular complexity index is 726. The van der Waals surface area contributed by atoms with Gasteiger partial charge in [0.2, 0.25) is 0 Å². The Labute approximate surface area is 156 Å². The highest BCUT2D eigenvalue weighted by Crippen LogP contribution is 2.25. The minimum absolute atomic E-state index is 0.0525. The van der Waals surface area contributed by atoms with E-state index in [0.717, 1.165) is 31.4 Å². The largest absolute Gasteiger partial charge is 0.481 e. The molecule has 0 radical (unpaired) electrons. The SMILES string of the molecule is C[C@H](Oc1ccc2c(c1)CCCC2)C(=O)N[C@@H](C)CCc1ccccc1. The Morgan fingerprint density at radius 1 is 1.04 bits per heavy atom. The fourth-order valence-corrected chi connectivity index (χ4v) is 3.50. The molecule has 3 nitrogen and oxygen atoms in total. The Hall–Kier alpha value is -2.29. The molecular formula is C23H29NO2. The number of carbonyl (C=O) groups excluding carboxylic acids is 1. The first-order chi connectivity index (χ1) is 12.6. The zero-order valence-electron chi connectivity index (χ0n) is 15.8. The summed E-state index contributed by atoms with van der Waals surface area (Å²) in [5.41, 5.74) is 4.10. The van der Waals surface area contributed by atoms with Crippen molar-refractivity contribution in [2.45, 2.75) is 64.5 Å². The number of carbonyl (C=O) groups is 1. The Morgan fingerprint density at radius 3 is 2.54 bits per heavy atom. The van der Waals surface area contributed by atoms with Gasteiger partial charge in [0, 0.05) is 6.04 Å². The molecule has 1 N–H and O–H groups in total. The molecule has 0 aliphatic heterocycles. The van der Waals surface area contributed by atoms with Crippen LogP contribution in [-0.2, 0) is 24.1 Å². The monoisotopic (exact) mass is 351 g/mol. The van der Waals surface area contributed by atoms with Crippen molar-refractivity contribution >= 4 is 5.91 Å². The number of amides is 1. The third-order valence-corrected chi connectivity index (χ3v) is 5.10. The molecule has 0 aromatic heterocycles. The number of rotatable bonds is 7. The van der Waals surface area contributed by atoms with E-state index in [1.807, 2.05) is 38.1 Å². The smallest absolute Gasteiger partial charge is 0.260 e. The summed E-state index contributed by atoms with van der Waals surface area (Å²) in [4.78, 5) is 12.4. The van der Waals surface area contributed by atoms with Crippen molar-refractivity contribution in [1.82, 2.24) is 5.32 Å². The molecule has 0 unspecified atom stereocenters. The van der Waals surface area contributed by atoms with E-state index in [9.17, 15) is 4.79 Å². The van der Waals surface area contributed by atoms with E-state index >= 15 is 0 Å². The van der Waals surface area contributed by atoms with Crippen LogP contribution in [0.4, 0.5) is 0 Å². The maximum absolute atomic E-state index is 12.4. The van der Waals surface area contributed by atoms with Gasteiger partial charge in [-0.1, -0.05) is 36.4 Å².